The maximum absolute atomic E-state index is 12.4. The van der Waals surface area contributed by atoms with Crippen molar-refractivity contribution in [2.24, 2.45) is 0 Å². The number of alkyl halides is 3. The van der Waals surface area contributed by atoms with Crippen LogP contribution in [-0.4, -0.2) is 54.0 Å². The van der Waals surface area contributed by atoms with Crippen LogP contribution in [0.3, 0.4) is 0 Å². The summed E-state index contributed by atoms with van der Waals surface area (Å²) in [4.78, 5) is 1.46. The van der Waals surface area contributed by atoms with E-state index in [4.69, 9.17) is 0 Å². The third kappa shape index (κ3) is 11.0. The van der Waals surface area contributed by atoms with Gasteiger partial charge in [-0.1, -0.05) is 27.2 Å². The number of nitrogens with one attached hydrogen (secondary N) is 1. The minimum absolute atomic E-state index is 0.0341. The Hall–Kier alpha value is -0.330. The summed E-state index contributed by atoms with van der Waals surface area (Å²) in [6, 6.07) is 0.268. The van der Waals surface area contributed by atoms with Crippen LogP contribution in [0.25, 0.3) is 0 Å². The molecule has 0 rings (SSSR count). The molecule has 0 aliphatic rings. The van der Waals surface area contributed by atoms with Gasteiger partial charge in [0.25, 0.3) is 0 Å². The Kier molecular flexibility index (Phi) is 9.49. The minimum atomic E-state index is -4.13. The minimum Gasteiger partial charge on any atom is -0.394 e. The Morgan fingerprint density at radius 2 is 1.76 bits per heavy atom. The lowest BCUT2D eigenvalue weighted by Crippen LogP contribution is -2.49. The molecular weight excluding hydrogens is 281 g/mol. The maximum Gasteiger partial charge on any atom is 0.401 e. The van der Waals surface area contributed by atoms with Gasteiger partial charge >= 0.3 is 6.18 Å². The molecule has 21 heavy (non-hydrogen) atoms. The zero-order valence-electron chi connectivity index (χ0n) is 13.8. The SMILES string of the molecule is CCCN(CCCCC(C)(CO)NC(C)C)CC(F)(F)F. The van der Waals surface area contributed by atoms with E-state index in [-0.39, 0.29) is 18.2 Å². The fourth-order valence-electron chi connectivity index (χ4n) is 2.58. The first kappa shape index (κ1) is 20.7. The molecule has 6 heteroatoms. The second-order valence-electron chi connectivity index (χ2n) is 6.37. The lowest BCUT2D eigenvalue weighted by Gasteiger charge is -2.31. The largest absolute Gasteiger partial charge is 0.401 e. The number of hydrogen-bond donors (Lipinski definition) is 2. The molecule has 0 bridgehead atoms. The first-order valence-electron chi connectivity index (χ1n) is 7.79. The average molecular weight is 312 g/mol. The summed E-state index contributed by atoms with van der Waals surface area (Å²) in [7, 11) is 0. The van der Waals surface area contributed by atoms with Crippen LogP contribution in [0.4, 0.5) is 13.2 Å². The van der Waals surface area contributed by atoms with Crippen LogP contribution >= 0.6 is 0 Å². The second-order valence-corrected chi connectivity index (χ2v) is 6.37. The number of rotatable bonds is 11. The van der Waals surface area contributed by atoms with Crippen molar-refractivity contribution < 1.29 is 18.3 Å². The van der Waals surface area contributed by atoms with E-state index in [0.29, 0.717) is 19.5 Å². The molecule has 0 saturated heterocycles. The van der Waals surface area contributed by atoms with E-state index in [1.165, 1.54) is 4.90 Å². The molecular formula is C15H31F3N2O. The Morgan fingerprint density at radius 1 is 1.14 bits per heavy atom. The van der Waals surface area contributed by atoms with Gasteiger partial charge in [0.2, 0.25) is 0 Å². The van der Waals surface area contributed by atoms with Gasteiger partial charge in [0, 0.05) is 11.6 Å². The van der Waals surface area contributed by atoms with Crippen molar-refractivity contribution in [3.05, 3.63) is 0 Å². The van der Waals surface area contributed by atoms with E-state index >= 15 is 0 Å². The van der Waals surface area contributed by atoms with Crippen molar-refractivity contribution in [3.63, 3.8) is 0 Å². The van der Waals surface area contributed by atoms with Gasteiger partial charge in [-0.3, -0.25) is 4.90 Å². The smallest absolute Gasteiger partial charge is 0.394 e. The Labute approximate surface area is 126 Å². The van der Waals surface area contributed by atoms with Gasteiger partial charge in [0.1, 0.15) is 0 Å². The third-order valence-electron chi connectivity index (χ3n) is 3.38. The molecule has 0 aromatic carbocycles. The second kappa shape index (κ2) is 9.64. The summed E-state index contributed by atoms with van der Waals surface area (Å²) in [5.41, 5.74) is -0.353. The highest BCUT2D eigenvalue weighted by molar-refractivity contribution is 4.83. The van der Waals surface area contributed by atoms with E-state index in [9.17, 15) is 18.3 Å². The molecule has 0 amide bonds. The molecule has 128 valence electrons. The van der Waals surface area contributed by atoms with Crippen molar-refractivity contribution in [1.29, 1.82) is 0 Å². The zero-order chi connectivity index (χ0) is 16.5. The van der Waals surface area contributed by atoms with Gasteiger partial charge in [-0.2, -0.15) is 13.2 Å². The molecule has 0 aromatic heterocycles. The Bertz CT molecular complexity index is 272. The highest BCUT2D eigenvalue weighted by atomic mass is 19.4. The number of aliphatic hydroxyl groups excluding tert-OH is 1. The van der Waals surface area contributed by atoms with Crippen LogP contribution < -0.4 is 5.32 Å². The summed E-state index contributed by atoms with van der Waals surface area (Å²) in [5.74, 6) is 0. The van der Waals surface area contributed by atoms with E-state index in [0.717, 1.165) is 19.3 Å². The highest BCUT2D eigenvalue weighted by Gasteiger charge is 2.30. The van der Waals surface area contributed by atoms with E-state index in [2.05, 4.69) is 5.32 Å². The van der Waals surface area contributed by atoms with Crippen LogP contribution in [0.5, 0.6) is 0 Å². The van der Waals surface area contributed by atoms with Crippen molar-refractivity contribution in [2.75, 3.05) is 26.2 Å². The molecule has 1 atom stereocenters. The summed E-state index contributed by atoms with van der Waals surface area (Å²) < 4.78 is 37.3. The van der Waals surface area contributed by atoms with Gasteiger partial charge in [-0.25, -0.2) is 0 Å². The van der Waals surface area contributed by atoms with Gasteiger partial charge in [-0.15, -0.1) is 0 Å². The molecule has 0 radical (unpaired) electrons. The predicted molar refractivity (Wildman–Crippen MR) is 80.4 cm³/mol. The molecule has 3 nitrogen and oxygen atoms in total. The number of hydrogen-bond acceptors (Lipinski definition) is 3. The normalized spacial score (nSPS) is 15.7. The fraction of sp³-hybridized carbons (Fsp3) is 1.00. The molecule has 0 spiro atoms. The van der Waals surface area contributed by atoms with Crippen molar-refractivity contribution >= 4 is 0 Å². The molecule has 0 fully saturated rings. The number of aliphatic hydroxyl groups is 1. The van der Waals surface area contributed by atoms with Crippen LogP contribution in [0, 0.1) is 0 Å². The maximum atomic E-state index is 12.4. The molecule has 0 aliphatic carbocycles. The quantitative estimate of drug-likeness (QED) is 0.575. The average Bonchev–Trinajstić information content (AvgIpc) is 2.32. The van der Waals surface area contributed by atoms with Crippen molar-refractivity contribution in [1.82, 2.24) is 10.2 Å². The van der Waals surface area contributed by atoms with Crippen LogP contribution in [-0.2, 0) is 0 Å². The third-order valence-corrected chi connectivity index (χ3v) is 3.38. The molecule has 1 unspecified atom stereocenters. The van der Waals surface area contributed by atoms with Gasteiger partial charge in [0.15, 0.2) is 0 Å². The summed E-state index contributed by atoms with van der Waals surface area (Å²) in [5, 5.41) is 12.8. The van der Waals surface area contributed by atoms with Gasteiger partial charge in [0.05, 0.1) is 13.2 Å². The highest BCUT2D eigenvalue weighted by Crippen LogP contribution is 2.18. The molecule has 0 aliphatic heterocycles. The number of nitrogens with zero attached hydrogens (tertiary/aromatic N) is 1. The summed E-state index contributed by atoms with van der Waals surface area (Å²) in [6.07, 6.45) is -1.14. The first-order chi connectivity index (χ1) is 9.62. The standard InChI is InChI=1S/C15H31F3N2O/c1-5-9-20(11-15(16,17)18)10-7-6-8-14(4,12-21)19-13(2)3/h13,19,21H,5-12H2,1-4H3. The summed E-state index contributed by atoms with van der Waals surface area (Å²) >= 11 is 0. The topological polar surface area (TPSA) is 35.5 Å². The van der Waals surface area contributed by atoms with Gasteiger partial charge in [-0.05, 0) is 39.3 Å². The van der Waals surface area contributed by atoms with Crippen molar-refractivity contribution in [3.8, 4) is 0 Å². The lowest BCUT2D eigenvalue weighted by atomic mass is 9.94. The summed E-state index contributed by atoms with van der Waals surface area (Å²) in [6.45, 7) is 8.00. The van der Waals surface area contributed by atoms with E-state index in [1.54, 1.807) is 0 Å². The van der Waals surface area contributed by atoms with E-state index in [1.807, 2.05) is 27.7 Å². The molecule has 0 aromatic rings. The fourth-order valence-corrected chi connectivity index (χ4v) is 2.58. The first-order valence-corrected chi connectivity index (χ1v) is 7.79. The van der Waals surface area contributed by atoms with Crippen LogP contribution in [0.2, 0.25) is 0 Å². The lowest BCUT2D eigenvalue weighted by molar-refractivity contribution is -0.146. The van der Waals surface area contributed by atoms with Gasteiger partial charge < -0.3 is 10.4 Å². The predicted octanol–water partition coefficient (Wildman–Crippen LogP) is 3.18. The van der Waals surface area contributed by atoms with E-state index < -0.39 is 12.7 Å². The monoisotopic (exact) mass is 312 g/mol. The zero-order valence-corrected chi connectivity index (χ0v) is 13.8. The molecule has 0 saturated carbocycles. The Morgan fingerprint density at radius 3 is 2.19 bits per heavy atom. The Balaban J connectivity index is 4.13. The molecule has 0 heterocycles. The van der Waals surface area contributed by atoms with Crippen molar-refractivity contribution in [2.45, 2.75) is 71.1 Å². The number of halogens is 3. The number of unbranched alkanes of at least 4 members (excludes halogenated alkanes) is 1. The van der Waals surface area contributed by atoms with Crippen LogP contribution in [0.15, 0.2) is 0 Å². The molecule has 2 N–H and O–H groups in total. The van der Waals surface area contributed by atoms with Crippen LogP contribution in [0.1, 0.15) is 53.4 Å².